The molecule has 0 aliphatic carbocycles. The molecule has 4 aromatic rings. The number of fused-ring (bicyclic) bond motifs is 3. The number of H-pyrrole nitrogens is 1. The maximum Gasteiger partial charge on any atom is 0.123 e. The van der Waals surface area contributed by atoms with Gasteiger partial charge in [-0.25, -0.2) is 4.39 Å². The van der Waals surface area contributed by atoms with Crippen LogP contribution in [0.25, 0.3) is 10.9 Å². The van der Waals surface area contributed by atoms with Crippen LogP contribution in [0.5, 0.6) is 0 Å². The van der Waals surface area contributed by atoms with Crippen LogP contribution < -0.4 is 5.32 Å². The summed E-state index contributed by atoms with van der Waals surface area (Å²) in [6.07, 6.45) is 0.908. The summed E-state index contributed by atoms with van der Waals surface area (Å²) in [7, 11) is 0. The van der Waals surface area contributed by atoms with Crippen LogP contribution in [-0.4, -0.2) is 11.5 Å². The van der Waals surface area contributed by atoms with Crippen molar-refractivity contribution < 1.29 is 4.39 Å². The Kier molecular flexibility index (Phi) is 4.02. The topological polar surface area (TPSA) is 27.8 Å². The fourth-order valence-electron chi connectivity index (χ4n) is 4.41. The van der Waals surface area contributed by atoms with Crippen LogP contribution in [0.4, 0.5) is 4.39 Å². The van der Waals surface area contributed by atoms with Crippen molar-refractivity contribution in [1.82, 2.24) is 10.3 Å². The summed E-state index contributed by atoms with van der Waals surface area (Å²) >= 11 is 0. The number of benzene rings is 3. The van der Waals surface area contributed by atoms with Crippen molar-refractivity contribution in [3.05, 3.63) is 107 Å². The zero-order chi connectivity index (χ0) is 18.2. The van der Waals surface area contributed by atoms with Gasteiger partial charge in [0, 0.05) is 22.5 Å². The third kappa shape index (κ3) is 2.84. The fourth-order valence-corrected chi connectivity index (χ4v) is 4.41. The van der Waals surface area contributed by atoms with Crippen molar-refractivity contribution in [2.24, 2.45) is 0 Å². The van der Waals surface area contributed by atoms with Gasteiger partial charge >= 0.3 is 0 Å². The molecule has 0 spiro atoms. The minimum atomic E-state index is -0.179. The van der Waals surface area contributed by atoms with E-state index in [1.807, 2.05) is 6.07 Å². The lowest BCUT2D eigenvalue weighted by Gasteiger charge is -2.32. The molecule has 1 aromatic heterocycles. The molecular weight excluding hydrogens is 335 g/mol. The van der Waals surface area contributed by atoms with E-state index in [1.165, 1.54) is 28.5 Å². The molecule has 134 valence electrons. The zero-order valence-electron chi connectivity index (χ0n) is 15.0. The number of hydrogen-bond acceptors (Lipinski definition) is 1. The SMILES string of the molecule is Fc1ccc2[nH]c3c(c2c1)CCNC3C(c1ccccc1)c1ccccc1. The molecule has 2 heterocycles. The van der Waals surface area contributed by atoms with Gasteiger partial charge in [0.15, 0.2) is 0 Å². The molecule has 3 heteroatoms. The van der Waals surface area contributed by atoms with E-state index in [2.05, 4.69) is 71.0 Å². The van der Waals surface area contributed by atoms with Gasteiger partial charge in [-0.05, 0) is 47.9 Å². The standard InChI is InChI=1S/C24H21FN2/c25-18-11-12-21-20(15-18)19-13-14-26-24(23(19)27-21)22(16-7-3-1-4-8-16)17-9-5-2-6-10-17/h1-12,15,22,24,26-27H,13-14H2. The van der Waals surface area contributed by atoms with Crippen LogP contribution in [0.3, 0.4) is 0 Å². The number of halogens is 1. The fraction of sp³-hybridized carbons (Fsp3) is 0.167. The van der Waals surface area contributed by atoms with Crippen LogP contribution in [0, 0.1) is 5.82 Å². The van der Waals surface area contributed by atoms with E-state index in [1.54, 1.807) is 6.07 Å². The van der Waals surface area contributed by atoms with E-state index in [4.69, 9.17) is 0 Å². The number of rotatable bonds is 3. The summed E-state index contributed by atoms with van der Waals surface area (Å²) in [5.41, 5.74) is 5.98. The van der Waals surface area contributed by atoms with E-state index in [-0.39, 0.29) is 17.8 Å². The first-order chi connectivity index (χ1) is 13.3. The Balaban J connectivity index is 1.69. The lowest BCUT2D eigenvalue weighted by atomic mass is 9.81. The second-order valence-corrected chi connectivity index (χ2v) is 7.19. The first-order valence-electron chi connectivity index (χ1n) is 9.44. The average molecular weight is 356 g/mol. The summed E-state index contributed by atoms with van der Waals surface area (Å²) in [5.74, 6) is 0.00594. The smallest absolute Gasteiger partial charge is 0.123 e. The quantitative estimate of drug-likeness (QED) is 0.510. The van der Waals surface area contributed by atoms with Gasteiger partial charge in [-0.2, -0.15) is 0 Å². The molecule has 1 aliphatic heterocycles. The van der Waals surface area contributed by atoms with Gasteiger partial charge in [-0.1, -0.05) is 60.7 Å². The maximum atomic E-state index is 13.8. The number of aromatic nitrogens is 1. The summed E-state index contributed by atoms with van der Waals surface area (Å²) in [6.45, 7) is 0.886. The minimum absolute atomic E-state index is 0.119. The van der Waals surface area contributed by atoms with Crippen LogP contribution in [-0.2, 0) is 6.42 Å². The average Bonchev–Trinajstić information content (AvgIpc) is 3.09. The molecule has 27 heavy (non-hydrogen) atoms. The number of nitrogens with one attached hydrogen (secondary N) is 2. The van der Waals surface area contributed by atoms with Crippen molar-refractivity contribution >= 4 is 10.9 Å². The molecule has 0 bridgehead atoms. The monoisotopic (exact) mass is 356 g/mol. The van der Waals surface area contributed by atoms with Crippen molar-refractivity contribution in [3.63, 3.8) is 0 Å². The van der Waals surface area contributed by atoms with Crippen molar-refractivity contribution in [2.45, 2.75) is 18.4 Å². The molecular formula is C24H21FN2. The van der Waals surface area contributed by atoms with Crippen LogP contribution in [0.15, 0.2) is 78.9 Å². The van der Waals surface area contributed by atoms with Gasteiger partial charge in [-0.15, -0.1) is 0 Å². The van der Waals surface area contributed by atoms with Crippen LogP contribution in [0.2, 0.25) is 0 Å². The van der Waals surface area contributed by atoms with Crippen molar-refractivity contribution in [3.8, 4) is 0 Å². The predicted octanol–water partition coefficient (Wildman–Crippen LogP) is 5.33. The van der Waals surface area contributed by atoms with E-state index in [0.717, 1.165) is 23.9 Å². The van der Waals surface area contributed by atoms with Gasteiger partial charge in [0.25, 0.3) is 0 Å². The molecule has 2 nitrogen and oxygen atoms in total. The molecule has 0 radical (unpaired) electrons. The molecule has 2 N–H and O–H groups in total. The Morgan fingerprint density at radius 1 is 0.852 bits per heavy atom. The van der Waals surface area contributed by atoms with E-state index in [9.17, 15) is 4.39 Å². The van der Waals surface area contributed by atoms with E-state index >= 15 is 0 Å². The predicted molar refractivity (Wildman–Crippen MR) is 107 cm³/mol. The highest BCUT2D eigenvalue weighted by atomic mass is 19.1. The largest absolute Gasteiger partial charge is 0.357 e. The second kappa shape index (κ2) is 6.67. The first kappa shape index (κ1) is 16.3. The maximum absolute atomic E-state index is 13.8. The Hall–Kier alpha value is -2.91. The third-order valence-electron chi connectivity index (χ3n) is 5.60. The molecule has 5 rings (SSSR count). The number of aromatic amines is 1. The Morgan fingerprint density at radius 2 is 1.52 bits per heavy atom. The molecule has 0 amide bonds. The molecule has 0 saturated carbocycles. The summed E-state index contributed by atoms with van der Waals surface area (Å²) < 4.78 is 13.8. The zero-order valence-corrected chi connectivity index (χ0v) is 15.0. The lowest BCUT2D eigenvalue weighted by molar-refractivity contribution is 0.454. The lowest BCUT2D eigenvalue weighted by Crippen LogP contribution is -2.34. The summed E-state index contributed by atoms with van der Waals surface area (Å²) in [4.78, 5) is 3.58. The highest BCUT2D eigenvalue weighted by Crippen LogP contribution is 2.41. The second-order valence-electron chi connectivity index (χ2n) is 7.19. The van der Waals surface area contributed by atoms with Gasteiger partial charge in [0.05, 0.1) is 6.04 Å². The minimum Gasteiger partial charge on any atom is -0.357 e. The first-order valence-corrected chi connectivity index (χ1v) is 9.44. The van der Waals surface area contributed by atoms with Gasteiger partial charge in [-0.3, -0.25) is 0 Å². The molecule has 1 unspecified atom stereocenters. The molecule has 3 aromatic carbocycles. The summed E-state index contributed by atoms with van der Waals surface area (Å²) in [5, 5.41) is 4.73. The van der Waals surface area contributed by atoms with E-state index in [0.29, 0.717) is 0 Å². The van der Waals surface area contributed by atoms with Crippen molar-refractivity contribution in [2.75, 3.05) is 6.54 Å². The van der Waals surface area contributed by atoms with Gasteiger partial charge in [0.1, 0.15) is 5.82 Å². The molecule has 0 fully saturated rings. The van der Waals surface area contributed by atoms with E-state index < -0.39 is 0 Å². The highest BCUT2D eigenvalue weighted by molar-refractivity contribution is 5.85. The Labute approximate surface area is 158 Å². The molecule has 1 atom stereocenters. The highest BCUT2D eigenvalue weighted by Gasteiger charge is 2.32. The van der Waals surface area contributed by atoms with Crippen LogP contribution >= 0.6 is 0 Å². The number of hydrogen-bond donors (Lipinski definition) is 2. The Bertz CT molecular complexity index is 1030. The Morgan fingerprint density at radius 3 is 2.19 bits per heavy atom. The normalized spacial score (nSPS) is 16.6. The van der Waals surface area contributed by atoms with Gasteiger partial charge < -0.3 is 10.3 Å². The molecule has 0 saturated heterocycles. The van der Waals surface area contributed by atoms with Gasteiger partial charge in [0.2, 0.25) is 0 Å². The van der Waals surface area contributed by atoms with Crippen molar-refractivity contribution in [1.29, 1.82) is 0 Å². The summed E-state index contributed by atoms with van der Waals surface area (Å²) in [6, 6.07) is 26.4. The molecule has 1 aliphatic rings. The third-order valence-corrected chi connectivity index (χ3v) is 5.60. The van der Waals surface area contributed by atoms with Crippen LogP contribution in [0.1, 0.15) is 34.3 Å².